The maximum atomic E-state index is 12.5. The minimum Gasteiger partial charge on any atom is -0.324 e. The number of aromatic nitrogens is 4. The van der Waals surface area contributed by atoms with Crippen molar-refractivity contribution in [2.75, 3.05) is 5.32 Å². The topological polar surface area (TPSA) is 81.3 Å². The summed E-state index contributed by atoms with van der Waals surface area (Å²) in [4.78, 5) is 29.0. The van der Waals surface area contributed by atoms with Gasteiger partial charge in [0.2, 0.25) is 5.91 Å². The van der Waals surface area contributed by atoms with Crippen molar-refractivity contribution in [3.63, 3.8) is 0 Å². The Morgan fingerprint density at radius 3 is 2.72 bits per heavy atom. The zero-order valence-electron chi connectivity index (χ0n) is 13.5. The lowest BCUT2D eigenvalue weighted by Gasteiger charge is -2.07. The summed E-state index contributed by atoms with van der Waals surface area (Å²) in [6.07, 6.45) is 1.43. The van der Waals surface area contributed by atoms with Crippen LogP contribution >= 0.6 is 0 Å². The maximum Gasteiger partial charge on any atom is 0.352 e. The molecule has 1 N–H and O–H groups in total. The van der Waals surface area contributed by atoms with Gasteiger partial charge in [-0.15, -0.1) is 5.10 Å². The fourth-order valence-electron chi connectivity index (χ4n) is 2.75. The zero-order valence-corrected chi connectivity index (χ0v) is 13.5. The van der Waals surface area contributed by atoms with E-state index in [-0.39, 0.29) is 12.5 Å². The van der Waals surface area contributed by atoms with E-state index in [1.54, 1.807) is 0 Å². The Hall–Kier alpha value is -3.48. The van der Waals surface area contributed by atoms with Gasteiger partial charge in [0.15, 0.2) is 5.65 Å². The molecular formula is C18H15N5O2. The van der Waals surface area contributed by atoms with Gasteiger partial charge in [0.1, 0.15) is 12.9 Å². The number of anilines is 1. The molecule has 124 valence electrons. The van der Waals surface area contributed by atoms with Crippen molar-refractivity contribution in [2.24, 2.45) is 0 Å². The van der Waals surface area contributed by atoms with Crippen molar-refractivity contribution >= 4 is 28.1 Å². The normalized spacial score (nSPS) is 11.1. The van der Waals surface area contributed by atoms with E-state index in [1.807, 2.05) is 55.5 Å². The van der Waals surface area contributed by atoms with Crippen LogP contribution in [0.2, 0.25) is 0 Å². The fraction of sp³-hybridized carbons (Fsp3) is 0.111. The molecule has 0 saturated heterocycles. The van der Waals surface area contributed by atoms with E-state index < -0.39 is 5.69 Å². The number of hydrogen-bond donors (Lipinski definition) is 1. The van der Waals surface area contributed by atoms with Crippen molar-refractivity contribution in [1.29, 1.82) is 0 Å². The number of rotatable bonds is 3. The number of carbonyl (C=O) groups excluding carboxylic acids is 1. The molecule has 0 fully saturated rings. The van der Waals surface area contributed by atoms with Crippen molar-refractivity contribution in [2.45, 2.75) is 13.5 Å². The van der Waals surface area contributed by atoms with E-state index in [2.05, 4.69) is 15.4 Å². The Morgan fingerprint density at radius 2 is 1.88 bits per heavy atom. The van der Waals surface area contributed by atoms with Gasteiger partial charge < -0.3 is 5.32 Å². The van der Waals surface area contributed by atoms with Crippen LogP contribution in [0.25, 0.3) is 16.6 Å². The molecule has 0 aliphatic heterocycles. The van der Waals surface area contributed by atoms with E-state index in [0.29, 0.717) is 5.65 Å². The molecule has 0 aliphatic rings. The Balaban J connectivity index is 1.69. The zero-order chi connectivity index (χ0) is 17.4. The number of fused-ring (bicyclic) bond motifs is 3. The molecule has 0 bridgehead atoms. The Labute approximate surface area is 142 Å². The standard InChI is InChI=1S/C18H15N5O2/c1-12-6-2-4-8-14(12)20-16(24)10-23-18(25)22-11-19-15-9-5-3-7-13(15)17(22)21-23/h2-9,11H,10H2,1H3,(H,20,24). The Kier molecular flexibility index (Phi) is 3.53. The van der Waals surface area contributed by atoms with Crippen LogP contribution in [-0.2, 0) is 11.3 Å². The molecular weight excluding hydrogens is 318 g/mol. The lowest BCUT2D eigenvalue weighted by atomic mass is 10.2. The van der Waals surface area contributed by atoms with E-state index in [0.717, 1.165) is 26.8 Å². The van der Waals surface area contributed by atoms with Crippen molar-refractivity contribution < 1.29 is 4.79 Å². The van der Waals surface area contributed by atoms with E-state index >= 15 is 0 Å². The van der Waals surface area contributed by atoms with Gasteiger partial charge in [-0.25, -0.2) is 18.9 Å². The van der Waals surface area contributed by atoms with E-state index in [1.165, 1.54) is 10.7 Å². The number of para-hydroxylation sites is 2. The molecule has 2 aromatic heterocycles. The van der Waals surface area contributed by atoms with Crippen LogP contribution in [0.1, 0.15) is 5.56 Å². The first-order valence-electron chi connectivity index (χ1n) is 7.82. The lowest BCUT2D eigenvalue weighted by molar-refractivity contribution is -0.117. The summed E-state index contributed by atoms with van der Waals surface area (Å²) < 4.78 is 2.50. The van der Waals surface area contributed by atoms with Crippen LogP contribution in [0.4, 0.5) is 5.69 Å². The number of nitrogens with one attached hydrogen (secondary N) is 1. The molecule has 0 spiro atoms. The minimum atomic E-state index is -0.395. The van der Waals surface area contributed by atoms with Crippen molar-refractivity contribution in [3.05, 3.63) is 70.9 Å². The third-order valence-electron chi connectivity index (χ3n) is 4.04. The van der Waals surface area contributed by atoms with Crippen LogP contribution < -0.4 is 11.0 Å². The summed E-state index contributed by atoms with van der Waals surface area (Å²) in [6.45, 7) is 1.74. The fourth-order valence-corrected chi connectivity index (χ4v) is 2.75. The largest absolute Gasteiger partial charge is 0.352 e. The minimum absolute atomic E-state index is 0.164. The molecule has 2 heterocycles. The lowest BCUT2D eigenvalue weighted by Crippen LogP contribution is -2.28. The average Bonchev–Trinajstić information content (AvgIpc) is 2.93. The molecule has 0 radical (unpaired) electrons. The van der Waals surface area contributed by atoms with Crippen molar-refractivity contribution in [1.82, 2.24) is 19.2 Å². The van der Waals surface area contributed by atoms with Gasteiger partial charge in [0.25, 0.3) is 0 Å². The second kappa shape index (κ2) is 5.86. The first-order valence-corrected chi connectivity index (χ1v) is 7.82. The summed E-state index contributed by atoms with van der Waals surface area (Å²) in [5.41, 5.74) is 2.51. The molecule has 25 heavy (non-hydrogen) atoms. The molecule has 0 unspecified atom stereocenters. The van der Waals surface area contributed by atoms with Crippen LogP contribution in [0.15, 0.2) is 59.7 Å². The highest BCUT2D eigenvalue weighted by molar-refractivity contribution is 5.92. The number of benzene rings is 2. The molecule has 7 heteroatoms. The number of carbonyl (C=O) groups is 1. The second-order valence-electron chi connectivity index (χ2n) is 5.76. The highest BCUT2D eigenvalue weighted by Crippen LogP contribution is 2.15. The van der Waals surface area contributed by atoms with Gasteiger partial charge >= 0.3 is 5.69 Å². The second-order valence-corrected chi connectivity index (χ2v) is 5.76. The molecule has 4 rings (SSSR count). The van der Waals surface area contributed by atoms with E-state index in [9.17, 15) is 9.59 Å². The smallest absolute Gasteiger partial charge is 0.324 e. The molecule has 7 nitrogen and oxygen atoms in total. The van der Waals surface area contributed by atoms with Gasteiger partial charge in [-0.3, -0.25) is 4.79 Å². The number of nitrogens with zero attached hydrogens (tertiary/aromatic N) is 4. The van der Waals surface area contributed by atoms with E-state index in [4.69, 9.17) is 0 Å². The summed E-state index contributed by atoms with van der Waals surface area (Å²) in [6, 6.07) is 14.9. The monoisotopic (exact) mass is 333 g/mol. The Bertz CT molecular complexity index is 1160. The SMILES string of the molecule is Cc1ccccc1NC(=O)Cn1nc2c3ccccc3ncn2c1=O. The quantitative estimate of drug-likeness (QED) is 0.622. The molecule has 0 saturated carbocycles. The first-order chi connectivity index (χ1) is 12.1. The summed E-state index contributed by atoms with van der Waals surface area (Å²) in [5, 5.41) is 7.88. The summed E-state index contributed by atoms with van der Waals surface area (Å²) in [5.74, 6) is -0.308. The number of amides is 1. The van der Waals surface area contributed by atoms with Crippen LogP contribution in [0, 0.1) is 6.92 Å². The molecule has 1 amide bonds. The first kappa shape index (κ1) is 15.1. The molecule has 0 atom stereocenters. The molecule has 4 aromatic rings. The summed E-state index contributed by atoms with van der Waals surface area (Å²) >= 11 is 0. The maximum absolute atomic E-state index is 12.5. The third kappa shape index (κ3) is 2.65. The van der Waals surface area contributed by atoms with Gasteiger partial charge in [-0.05, 0) is 30.7 Å². The molecule has 2 aromatic carbocycles. The average molecular weight is 333 g/mol. The molecule has 0 aliphatic carbocycles. The summed E-state index contributed by atoms with van der Waals surface area (Å²) in [7, 11) is 0. The highest BCUT2D eigenvalue weighted by atomic mass is 16.2. The van der Waals surface area contributed by atoms with Gasteiger partial charge in [-0.1, -0.05) is 30.3 Å². The Morgan fingerprint density at radius 1 is 1.12 bits per heavy atom. The number of aryl methyl sites for hydroxylation is 1. The van der Waals surface area contributed by atoms with Crippen LogP contribution in [0.3, 0.4) is 0 Å². The number of hydrogen-bond acceptors (Lipinski definition) is 4. The van der Waals surface area contributed by atoms with Gasteiger partial charge in [-0.2, -0.15) is 0 Å². The predicted molar refractivity (Wildman–Crippen MR) is 94.6 cm³/mol. The van der Waals surface area contributed by atoms with Crippen LogP contribution in [-0.4, -0.2) is 25.1 Å². The highest BCUT2D eigenvalue weighted by Gasteiger charge is 2.13. The van der Waals surface area contributed by atoms with Crippen LogP contribution in [0.5, 0.6) is 0 Å². The van der Waals surface area contributed by atoms with Gasteiger partial charge in [0.05, 0.1) is 5.52 Å². The predicted octanol–water partition coefficient (Wildman–Crippen LogP) is 1.99. The van der Waals surface area contributed by atoms with Gasteiger partial charge in [0, 0.05) is 11.1 Å². The third-order valence-corrected chi connectivity index (χ3v) is 4.04. The van der Waals surface area contributed by atoms with Crippen molar-refractivity contribution in [3.8, 4) is 0 Å².